The van der Waals surface area contributed by atoms with E-state index in [9.17, 15) is 8.42 Å². The summed E-state index contributed by atoms with van der Waals surface area (Å²) in [5.41, 5.74) is 0. The van der Waals surface area contributed by atoms with E-state index < -0.39 is 10.1 Å². The minimum Gasteiger partial charge on any atom is -0.328 e. The van der Waals surface area contributed by atoms with Crippen molar-refractivity contribution in [3.8, 4) is 0 Å². The van der Waals surface area contributed by atoms with Gasteiger partial charge in [-0.15, -0.1) is 0 Å². The van der Waals surface area contributed by atoms with Crippen molar-refractivity contribution in [2.75, 3.05) is 53.6 Å². The molecular weight excluding hydrogens is 336 g/mol. The lowest BCUT2D eigenvalue weighted by molar-refractivity contribution is -0.890. The maximum Gasteiger partial charge on any atom is 0.265 e. The van der Waals surface area contributed by atoms with Gasteiger partial charge in [-0.2, -0.15) is 8.42 Å². The van der Waals surface area contributed by atoms with E-state index in [1.165, 1.54) is 70.8 Å². The molecule has 0 aromatic rings. The average Bonchev–Trinajstić information content (AvgIpc) is 2.46. The molecule has 0 atom stereocenters. The zero-order valence-corrected chi connectivity index (χ0v) is 18.0. The lowest BCUT2D eigenvalue weighted by Crippen LogP contribution is -2.41. The van der Waals surface area contributed by atoms with Crippen LogP contribution in [0, 0.1) is 0 Å². The first kappa shape index (κ1) is 24.8. The maximum atomic E-state index is 10.7. The van der Waals surface area contributed by atoms with Gasteiger partial charge in [0.15, 0.2) is 0 Å². The molecule has 0 unspecified atom stereocenters. The Labute approximate surface area is 157 Å². The van der Waals surface area contributed by atoms with Crippen LogP contribution in [0.1, 0.15) is 70.6 Å². The zero-order chi connectivity index (χ0) is 19.2. The molecule has 0 bridgehead atoms. The van der Waals surface area contributed by atoms with Crippen molar-refractivity contribution in [1.82, 2.24) is 4.90 Å². The van der Waals surface area contributed by atoms with Crippen molar-refractivity contribution in [2.45, 2.75) is 70.6 Å². The van der Waals surface area contributed by atoms with E-state index in [0.717, 1.165) is 17.6 Å². The highest BCUT2D eigenvalue weighted by Crippen LogP contribution is 2.12. The third-order valence-corrected chi connectivity index (χ3v) is 5.59. The van der Waals surface area contributed by atoms with Gasteiger partial charge in [0, 0.05) is 6.42 Å². The molecule has 0 spiro atoms. The molecule has 0 radical (unpaired) electrons. The van der Waals surface area contributed by atoms with Crippen molar-refractivity contribution < 1.29 is 17.5 Å². The van der Waals surface area contributed by atoms with Gasteiger partial charge >= 0.3 is 0 Å². The van der Waals surface area contributed by atoms with Gasteiger partial charge in [-0.3, -0.25) is 4.55 Å². The third kappa shape index (κ3) is 20.0. The topological polar surface area (TPSA) is 57.6 Å². The van der Waals surface area contributed by atoms with Crippen LogP contribution in [0.25, 0.3) is 0 Å². The highest BCUT2D eigenvalue weighted by atomic mass is 32.2. The maximum absolute atomic E-state index is 10.7. The molecule has 25 heavy (non-hydrogen) atoms. The predicted molar refractivity (Wildman–Crippen MR) is 108 cm³/mol. The first-order valence-corrected chi connectivity index (χ1v) is 11.7. The summed E-state index contributed by atoms with van der Waals surface area (Å²) in [5.74, 6) is -0.121. The molecule has 5 nitrogen and oxygen atoms in total. The molecule has 6 heteroatoms. The molecule has 0 saturated carbocycles. The predicted octanol–water partition coefficient (Wildman–Crippen LogP) is 3.80. The van der Waals surface area contributed by atoms with Crippen LogP contribution >= 0.6 is 0 Å². The normalized spacial score (nSPS) is 12.9. The van der Waals surface area contributed by atoms with E-state index in [1.807, 2.05) is 0 Å². The van der Waals surface area contributed by atoms with Crippen LogP contribution < -0.4 is 0 Å². The molecule has 0 aliphatic carbocycles. The van der Waals surface area contributed by atoms with Crippen molar-refractivity contribution in [1.29, 1.82) is 0 Å². The molecule has 0 amide bonds. The molecule has 0 aliphatic heterocycles. The van der Waals surface area contributed by atoms with Gasteiger partial charge in [0.1, 0.15) is 0 Å². The molecule has 0 fully saturated rings. The van der Waals surface area contributed by atoms with Crippen molar-refractivity contribution in [3.63, 3.8) is 0 Å². The Morgan fingerprint density at radius 3 is 1.56 bits per heavy atom. The Bertz CT molecular complexity index is 409. The van der Waals surface area contributed by atoms with Gasteiger partial charge in [-0.05, 0) is 39.9 Å². The van der Waals surface area contributed by atoms with Gasteiger partial charge in [0.05, 0.1) is 32.9 Å². The van der Waals surface area contributed by atoms with E-state index in [-0.39, 0.29) is 5.75 Å². The zero-order valence-electron chi connectivity index (χ0n) is 17.2. The number of nitrogens with zero attached hydrogens (tertiary/aromatic N) is 2. The number of hydrogen-bond donors (Lipinski definition) is 1. The van der Waals surface area contributed by atoms with E-state index in [4.69, 9.17) is 4.55 Å². The summed E-state index contributed by atoms with van der Waals surface area (Å²) in [5, 5.41) is 0. The summed E-state index contributed by atoms with van der Waals surface area (Å²) in [6.45, 7) is 3.09. The quantitative estimate of drug-likeness (QED) is 0.237. The van der Waals surface area contributed by atoms with E-state index in [2.05, 4.69) is 33.1 Å². The van der Waals surface area contributed by atoms with Crippen molar-refractivity contribution in [2.24, 2.45) is 0 Å². The van der Waals surface area contributed by atoms with Crippen LogP contribution in [0.15, 0.2) is 0 Å². The Balaban J connectivity index is 3.39. The Kier molecular flexibility index (Phi) is 13.9. The van der Waals surface area contributed by atoms with Gasteiger partial charge in [-0.1, -0.05) is 44.9 Å². The third-order valence-electron chi connectivity index (χ3n) is 4.78. The van der Waals surface area contributed by atoms with Crippen LogP contribution in [0.3, 0.4) is 0 Å². The molecule has 152 valence electrons. The molecule has 0 saturated heterocycles. The number of hydrogen-bond acceptors (Lipinski definition) is 3. The summed E-state index contributed by atoms with van der Waals surface area (Å²) in [4.78, 5) is 2.26. The standard InChI is InChI=1S/C19H42N2O3S/c1-20(2)16-13-11-9-7-5-6-8-10-12-14-17-21(3,4)18-15-19-25(22,23)24/h5-19H2,1-4H3/p+1. The fourth-order valence-electron chi connectivity index (χ4n) is 3.17. The largest absolute Gasteiger partial charge is 0.328 e. The first-order chi connectivity index (χ1) is 11.6. The second kappa shape index (κ2) is 14.0. The summed E-state index contributed by atoms with van der Waals surface area (Å²) < 4.78 is 31.1. The van der Waals surface area contributed by atoms with Crippen LogP contribution in [-0.2, 0) is 10.1 Å². The van der Waals surface area contributed by atoms with Gasteiger partial charge in [0.25, 0.3) is 10.1 Å². The smallest absolute Gasteiger partial charge is 0.265 e. The number of rotatable bonds is 17. The summed E-state index contributed by atoms with van der Waals surface area (Å²) in [6.07, 6.45) is 13.8. The molecule has 1 N–H and O–H groups in total. The van der Waals surface area contributed by atoms with Gasteiger partial charge in [0.2, 0.25) is 0 Å². The molecule has 0 rings (SSSR count). The summed E-state index contributed by atoms with van der Waals surface area (Å²) in [7, 11) is 4.75. The van der Waals surface area contributed by atoms with E-state index >= 15 is 0 Å². The van der Waals surface area contributed by atoms with Crippen LogP contribution in [0.5, 0.6) is 0 Å². The first-order valence-electron chi connectivity index (χ1n) is 10.0. The lowest BCUT2D eigenvalue weighted by Gasteiger charge is -2.29. The molecular formula is C19H43N2O3S+. The number of quaternary nitrogens is 1. The molecule has 0 aliphatic rings. The molecule has 0 aromatic carbocycles. The fourth-order valence-corrected chi connectivity index (χ4v) is 3.66. The minimum atomic E-state index is -3.81. The lowest BCUT2D eigenvalue weighted by atomic mass is 10.1. The minimum absolute atomic E-state index is 0.121. The monoisotopic (exact) mass is 379 g/mol. The SMILES string of the molecule is CN(C)CCCCCCCCCCCC[N+](C)(C)CCCS(=O)(=O)O. The van der Waals surface area contributed by atoms with Crippen LogP contribution in [0.2, 0.25) is 0 Å². The summed E-state index contributed by atoms with van der Waals surface area (Å²) >= 11 is 0. The second-order valence-corrected chi connectivity index (χ2v) is 9.93. The van der Waals surface area contributed by atoms with Crippen LogP contribution in [-0.4, -0.2) is 75.9 Å². The number of unbranched alkanes of at least 4 members (excludes halogenated alkanes) is 9. The van der Waals surface area contributed by atoms with Crippen molar-refractivity contribution >= 4 is 10.1 Å². The Hall–Kier alpha value is -0.170. The Morgan fingerprint density at radius 1 is 0.720 bits per heavy atom. The highest BCUT2D eigenvalue weighted by Gasteiger charge is 2.16. The van der Waals surface area contributed by atoms with Gasteiger partial charge in [-0.25, -0.2) is 0 Å². The average molecular weight is 380 g/mol. The molecule has 0 heterocycles. The van der Waals surface area contributed by atoms with E-state index in [0.29, 0.717) is 6.42 Å². The van der Waals surface area contributed by atoms with E-state index in [1.54, 1.807) is 0 Å². The highest BCUT2D eigenvalue weighted by molar-refractivity contribution is 7.85. The molecule has 0 aromatic heterocycles. The Morgan fingerprint density at radius 2 is 1.12 bits per heavy atom. The fraction of sp³-hybridized carbons (Fsp3) is 1.00. The van der Waals surface area contributed by atoms with Crippen LogP contribution in [0.4, 0.5) is 0 Å². The summed E-state index contributed by atoms with van der Waals surface area (Å²) in [6, 6.07) is 0. The van der Waals surface area contributed by atoms with Gasteiger partial charge < -0.3 is 9.38 Å². The van der Waals surface area contributed by atoms with Crippen molar-refractivity contribution in [3.05, 3.63) is 0 Å². The second-order valence-electron chi connectivity index (χ2n) is 8.36.